The van der Waals surface area contributed by atoms with Crippen molar-refractivity contribution in [2.45, 2.75) is 104 Å². The molecule has 5 aliphatic rings. The van der Waals surface area contributed by atoms with E-state index >= 15 is 0 Å². The van der Waals surface area contributed by atoms with Crippen LogP contribution >= 0.6 is 0 Å². The Hall–Kier alpha value is -1.21. The molecule has 0 aromatic carbocycles. The number of aliphatic carboxylic acids is 1. The van der Waals surface area contributed by atoms with Gasteiger partial charge in [0, 0.05) is 11.3 Å². The zero-order chi connectivity index (χ0) is 26.7. The van der Waals surface area contributed by atoms with Crippen molar-refractivity contribution in [3.05, 3.63) is 23.8 Å². The number of aliphatic hydroxyl groups is 4. The Balaban J connectivity index is 1.65. The Kier molecular flexibility index (Phi) is 5.63. The molecule has 11 unspecified atom stereocenters. The Bertz CT molecular complexity index is 1020. The van der Waals surface area contributed by atoms with Gasteiger partial charge in [-0.25, -0.2) is 0 Å². The van der Waals surface area contributed by atoms with Crippen molar-refractivity contribution in [2.75, 3.05) is 6.61 Å². The van der Waals surface area contributed by atoms with E-state index in [9.17, 15) is 30.3 Å². The lowest BCUT2D eigenvalue weighted by Crippen LogP contribution is -2.69. The van der Waals surface area contributed by atoms with Crippen LogP contribution in [0, 0.1) is 44.8 Å². The van der Waals surface area contributed by atoms with Crippen molar-refractivity contribution < 1.29 is 30.3 Å². The van der Waals surface area contributed by atoms with Crippen LogP contribution in [0.15, 0.2) is 23.8 Å². The monoisotopic (exact) mass is 502 g/mol. The average Bonchev–Trinajstić information content (AvgIpc) is 2.80. The maximum absolute atomic E-state index is 12.8. The molecular formula is C30H46O6. The number of hydrogen-bond donors (Lipinski definition) is 5. The molecule has 0 amide bonds. The number of rotatable bonds is 2. The zero-order valence-corrected chi connectivity index (χ0v) is 22.7. The summed E-state index contributed by atoms with van der Waals surface area (Å²) >= 11 is 0. The van der Waals surface area contributed by atoms with Crippen LogP contribution in [-0.2, 0) is 4.79 Å². The minimum Gasteiger partial charge on any atom is -0.481 e. The Morgan fingerprint density at radius 2 is 1.72 bits per heavy atom. The van der Waals surface area contributed by atoms with Gasteiger partial charge < -0.3 is 25.5 Å². The predicted molar refractivity (Wildman–Crippen MR) is 137 cm³/mol. The molecular weight excluding hydrogens is 456 g/mol. The van der Waals surface area contributed by atoms with Gasteiger partial charge in [-0.3, -0.25) is 4.79 Å². The van der Waals surface area contributed by atoms with Gasteiger partial charge >= 0.3 is 5.97 Å². The zero-order valence-electron chi connectivity index (χ0n) is 22.7. The maximum atomic E-state index is 12.8. The number of hydrogen-bond acceptors (Lipinski definition) is 5. The van der Waals surface area contributed by atoms with Crippen LogP contribution in [0.2, 0.25) is 0 Å². The molecule has 0 aromatic rings. The van der Waals surface area contributed by atoms with Gasteiger partial charge in [-0.1, -0.05) is 45.9 Å². The molecule has 0 bridgehead atoms. The smallest absolute Gasteiger partial charge is 0.310 e. The van der Waals surface area contributed by atoms with Crippen LogP contribution in [0.5, 0.6) is 0 Å². The lowest BCUT2D eigenvalue weighted by molar-refractivity contribution is -0.245. The number of allylic oxidation sites excluding steroid dienone is 1. The van der Waals surface area contributed by atoms with E-state index in [4.69, 9.17) is 0 Å². The lowest BCUT2D eigenvalue weighted by atomic mass is 9.33. The quantitative estimate of drug-likeness (QED) is 0.363. The average molecular weight is 503 g/mol. The van der Waals surface area contributed by atoms with Crippen LogP contribution < -0.4 is 0 Å². The van der Waals surface area contributed by atoms with E-state index in [1.807, 2.05) is 6.92 Å². The SMILES string of the molecule is C=C1CCC2(C(=O)O)CCC3(C)C(=CCC4C5(C)CC(O)C(O)C(C)(CO)C5CCC43C)C2C1(C)O. The van der Waals surface area contributed by atoms with Gasteiger partial charge in [0.25, 0.3) is 0 Å². The molecule has 0 radical (unpaired) electrons. The molecule has 0 spiro atoms. The summed E-state index contributed by atoms with van der Waals surface area (Å²) in [6, 6.07) is 0. The Labute approximate surface area is 215 Å². The highest BCUT2D eigenvalue weighted by molar-refractivity contribution is 5.77. The summed E-state index contributed by atoms with van der Waals surface area (Å²) in [5.41, 5.74) is -1.98. The summed E-state index contributed by atoms with van der Waals surface area (Å²) < 4.78 is 0. The van der Waals surface area contributed by atoms with Crippen molar-refractivity contribution in [3.8, 4) is 0 Å². The molecule has 4 fully saturated rings. The van der Waals surface area contributed by atoms with Crippen molar-refractivity contribution in [1.29, 1.82) is 0 Å². The van der Waals surface area contributed by atoms with Gasteiger partial charge in [-0.15, -0.1) is 0 Å². The molecule has 202 valence electrons. The van der Waals surface area contributed by atoms with E-state index < -0.39 is 40.5 Å². The van der Waals surface area contributed by atoms with Crippen LogP contribution in [0.1, 0.15) is 86.0 Å². The first-order valence-electron chi connectivity index (χ1n) is 13.9. The number of carboxylic acids is 1. The lowest BCUT2D eigenvalue weighted by Gasteiger charge is -2.72. The second-order valence-corrected chi connectivity index (χ2v) is 14.3. The summed E-state index contributed by atoms with van der Waals surface area (Å²) in [6.07, 6.45) is 5.68. The van der Waals surface area contributed by atoms with Crippen LogP contribution in [-0.4, -0.2) is 55.9 Å². The maximum Gasteiger partial charge on any atom is 0.310 e. The van der Waals surface area contributed by atoms with E-state index in [0.29, 0.717) is 25.7 Å². The minimum absolute atomic E-state index is 0.0734. The van der Waals surface area contributed by atoms with Gasteiger partial charge in [0.15, 0.2) is 0 Å². The van der Waals surface area contributed by atoms with E-state index in [2.05, 4.69) is 33.4 Å². The van der Waals surface area contributed by atoms with Gasteiger partial charge in [0.05, 0.1) is 29.8 Å². The largest absolute Gasteiger partial charge is 0.481 e. The number of carbonyl (C=O) groups is 1. The first-order chi connectivity index (χ1) is 16.6. The highest BCUT2D eigenvalue weighted by atomic mass is 16.4. The molecule has 6 nitrogen and oxygen atoms in total. The Morgan fingerprint density at radius 1 is 1.06 bits per heavy atom. The molecule has 0 aromatic heterocycles. The number of carboxylic acid groups (broad SMARTS) is 1. The molecule has 0 heterocycles. The molecule has 36 heavy (non-hydrogen) atoms. The fourth-order valence-corrected chi connectivity index (χ4v) is 10.7. The highest BCUT2D eigenvalue weighted by Gasteiger charge is 2.72. The van der Waals surface area contributed by atoms with Gasteiger partial charge in [0.1, 0.15) is 0 Å². The van der Waals surface area contributed by atoms with Crippen LogP contribution in [0.25, 0.3) is 0 Å². The summed E-state index contributed by atoms with van der Waals surface area (Å²) in [4.78, 5) is 12.8. The summed E-state index contributed by atoms with van der Waals surface area (Å²) in [7, 11) is 0. The standard InChI is InChI=1S/C30H46O6/c1-17-9-12-30(24(34)35)14-13-27(4)18(22(30)29(17,6)36)7-8-21-25(2)15-19(32)23(33)26(3,16-31)20(25)10-11-28(21,27)5/h7,19-23,31-33,36H,1,8-16H2,2-6H3,(H,34,35). The molecule has 4 saturated carbocycles. The van der Waals surface area contributed by atoms with Crippen molar-refractivity contribution in [2.24, 2.45) is 44.8 Å². The second kappa shape index (κ2) is 7.68. The number of aliphatic hydroxyl groups excluding tert-OH is 3. The first kappa shape index (κ1) is 26.4. The van der Waals surface area contributed by atoms with Crippen LogP contribution in [0.4, 0.5) is 0 Å². The molecule has 6 heteroatoms. The van der Waals surface area contributed by atoms with Gasteiger partial charge in [-0.2, -0.15) is 0 Å². The van der Waals surface area contributed by atoms with Crippen molar-refractivity contribution >= 4 is 5.97 Å². The van der Waals surface area contributed by atoms with E-state index in [-0.39, 0.29) is 34.7 Å². The molecule has 5 aliphatic carbocycles. The van der Waals surface area contributed by atoms with Crippen molar-refractivity contribution in [3.63, 3.8) is 0 Å². The fourth-order valence-electron chi connectivity index (χ4n) is 10.7. The predicted octanol–water partition coefficient (Wildman–Crippen LogP) is 4.07. The van der Waals surface area contributed by atoms with E-state index in [0.717, 1.165) is 36.8 Å². The molecule has 11 atom stereocenters. The Morgan fingerprint density at radius 3 is 2.33 bits per heavy atom. The topological polar surface area (TPSA) is 118 Å². The molecule has 0 aliphatic heterocycles. The van der Waals surface area contributed by atoms with E-state index in [1.54, 1.807) is 6.92 Å². The highest BCUT2D eigenvalue weighted by Crippen LogP contribution is 2.76. The van der Waals surface area contributed by atoms with Gasteiger partial charge in [-0.05, 0) is 91.9 Å². The molecule has 0 saturated heterocycles. The fraction of sp³-hybridized carbons (Fsp3) is 0.833. The minimum atomic E-state index is -1.28. The normalized spacial score (nSPS) is 56.5. The summed E-state index contributed by atoms with van der Waals surface area (Å²) in [5, 5.41) is 54.6. The first-order valence-corrected chi connectivity index (χ1v) is 13.9. The second-order valence-electron chi connectivity index (χ2n) is 14.3. The van der Waals surface area contributed by atoms with Gasteiger partial charge in [0.2, 0.25) is 0 Å². The molecule has 5 N–H and O–H groups in total. The summed E-state index contributed by atoms with van der Waals surface area (Å²) in [5.74, 6) is -1.04. The summed E-state index contributed by atoms with van der Waals surface area (Å²) in [6.45, 7) is 14.6. The third-order valence-corrected chi connectivity index (χ3v) is 13.1. The van der Waals surface area contributed by atoms with Crippen LogP contribution in [0.3, 0.4) is 0 Å². The third-order valence-electron chi connectivity index (χ3n) is 13.1. The molecule has 5 rings (SSSR count). The third kappa shape index (κ3) is 2.85. The van der Waals surface area contributed by atoms with Crippen molar-refractivity contribution in [1.82, 2.24) is 0 Å². The van der Waals surface area contributed by atoms with E-state index in [1.165, 1.54) is 0 Å². The number of fused-ring (bicyclic) bond motifs is 7.